The average molecular weight is 432 g/mol. The molecule has 0 heterocycles. The van der Waals surface area contributed by atoms with Gasteiger partial charge in [0.2, 0.25) is 0 Å². The Morgan fingerprint density at radius 3 is 2.55 bits per heavy atom. The van der Waals surface area contributed by atoms with E-state index in [1.54, 1.807) is 13.2 Å². The summed E-state index contributed by atoms with van der Waals surface area (Å²) in [5.74, 6) is -0.0736. The summed E-state index contributed by atoms with van der Waals surface area (Å²) in [6, 6.07) is 5.80. The van der Waals surface area contributed by atoms with Crippen LogP contribution in [0.3, 0.4) is 0 Å². The Kier molecular flexibility index (Phi) is 8.40. The molecule has 3 atom stereocenters. The molecule has 5 nitrogen and oxygen atoms in total. The number of ether oxygens (including phenoxy) is 1. The fraction of sp³-hybridized carbons (Fsp3) is 0.731. The van der Waals surface area contributed by atoms with E-state index in [9.17, 15) is 15.0 Å². The molecule has 5 heteroatoms. The molecule has 3 N–H and O–H groups in total. The van der Waals surface area contributed by atoms with Crippen molar-refractivity contribution in [3.63, 3.8) is 0 Å². The standard InChI is InChI=1S/C26H41NO4/c1-4-26(5-2)22-17-21(28)12-11-19(22)16-23(31-3)24(26)27-14-13-20(25(29)30)15-18-9-7-6-8-10-18/h11-12,17-18,20,23-24,27-28H,4-10,13-16H2,1-3H3,(H,29,30)/t20-,23+,24+/m0/s1. The largest absolute Gasteiger partial charge is 0.508 e. The van der Waals surface area contributed by atoms with Crippen LogP contribution in [-0.4, -0.2) is 42.0 Å². The molecule has 0 aliphatic heterocycles. The van der Waals surface area contributed by atoms with Crippen molar-refractivity contribution in [3.05, 3.63) is 29.3 Å². The Hall–Kier alpha value is -1.59. The Balaban J connectivity index is 1.73. The van der Waals surface area contributed by atoms with E-state index in [0.717, 1.165) is 25.7 Å². The first kappa shape index (κ1) is 24.1. The monoisotopic (exact) mass is 431 g/mol. The fourth-order valence-corrected chi connectivity index (χ4v) is 6.26. The fourth-order valence-electron chi connectivity index (χ4n) is 6.26. The lowest BCUT2D eigenvalue weighted by Gasteiger charge is -2.49. The van der Waals surface area contributed by atoms with Gasteiger partial charge in [-0.15, -0.1) is 0 Å². The van der Waals surface area contributed by atoms with E-state index in [-0.39, 0.29) is 23.5 Å². The van der Waals surface area contributed by atoms with Crippen molar-refractivity contribution in [2.24, 2.45) is 11.8 Å². The molecule has 0 spiro atoms. The highest BCUT2D eigenvalue weighted by Gasteiger charge is 2.46. The number of benzene rings is 1. The SMILES string of the molecule is CCC1(CC)c2cc(O)ccc2C[C@@H](OC)[C@H]1NCC[C@@H](CC1CCCCC1)C(=O)O. The maximum absolute atomic E-state index is 11.9. The number of nitrogens with one attached hydrogen (secondary N) is 1. The first-order valence-corrected chi connectivity index (χ1v) is 12.3. The van der Waals surface area contributed by atoms with E-state index >= 15 is 0 Å². The molecule has 1 saturated carbocycles. The molecule has 1 fully saturated rings. The Labute approximate surface area is 187 Å². The number of phenolic OH excluding ortho intramolecular Hbond substituents is 1. The zero-order chi connectivity index (χ0) is 22.4. The van der Waals surface area contributed by atoms with Gasteiger partial charge in [0.05, 0.1) is 12.0 Å². The highest BCUT2D eigenvalue weighted by Crippen LogP contribution is 2.44. The van der Waals surface area contributed by atoms with E-state index in [4.69, 9.17) is 4.74 Å². The van der Waals surface area contributed by atoms with Gasteiger partial charge in [-0.25, -0.2) is 0 Å². The van der Waals surface area contributed by atoms with Crippen LogP contribution < -0.4 is 5.32 Å². The lowest BCUT2D eigenvalue weighted by molar-refractivity contribution is -0.142. The second-order valence-corrected chi connectivity index (χ2v) is 9.68. The summed E-state index contributed by atoms with van der Waals surface area (Å²) in [6.07, 6.45) is 10.3. The second kappa shape index (κ2) is 10.8. The maximum Gasteiger partial charge on any atom is 0.306 e. The molecule has 1 aromatic rings. The van der Waals surface area contributed by atoms with Crippen molar-refractivity contribution in [2.75, 3.05) is 13.7 Å². The summed E-state index contributed by atoms with van der Waals surface area (Å²) in [5.41, 5.74) is 2.31. The van der Waals surface area contributed by atoms with Gasteiger partial charge in [0.15, 0.2) is 0 Å². The van der Waals surface area contributed by atoms with Crippen LogP contribution in [-0.2, 0) is 21.4 Å². The topological polar surface area (TPSA) is 78.8 Å². The Bertz CT molecular complexity index is 724. The third kappa shape index (κ3) is 5.25. The number of phenols is 1. The van der Waals surface area contributed by atoms with Crippen molar-refractivity contribution in [1.29, 1.82) is 0 Å². The second-order valence-electron chi connectivity index (χ2n) is 9.68. The lowest BCUT2D eigenvalue weighted by Crippen LogP contribution is -2.59. The number of aliphatic carboxylic acids is 1. The van der Waals surface area contributed by atoms with Crippen LogP contribution in [0.4, 0.5) is 0 Å². The van der Waals surface area contributed by atoms with Crippen molar-refractivity contribution in [2.45, 2.75) is 95.6 Å². The molecule has 0 saturated heterocycles. The highest BCUT2D eigenvalue weighted by atomic mass is 16.5. The number of carboxylic acid groups (broad SMARTS) is 1. The summed E-state index contributed by atoms with van der Waals surface area (Å²) < 4.78 is 5.93. The van der Waals surface area contributed by atoms with Gasteiger partial charge in [-0.1, -0.05) is 52.0 Å². The predicted octanol–water partition coefficient (Wildman–Crippen LogP) is 5.04. The van der Waals surface area contributed by atoms with Crippen LogP contribution >= 0.6 is 0 Å². The number of aromatic hydroxyl groups is 1. The van der Waals surface area contributed by atoms with Crippen molar-refractivity contribution in [3.8, 4) is 5.75 Å². The first-order chi connectivity index (χ1) is 14.9. The molecule has 0 unspecified atom stereocenters. The summed E-state index contributed by atoms with van der Waals surface area (Å²) in [7, 11) is 1.77. The minimum absolute atomic E-state index is 0.0264. The summed E-state index contributed by atoms with van der Waals surface area (Å²) >= 11 is 0. The number of hydrogen-bond acceptors (Lipinski definition) is 4. The highest BCUT2D eigenvalue weighted by molar-refractivity contribution is 5.69. The zero-order valence-electron chi connectivity index (χ0n) is 19.5. The molecule has 0 amide bonds. The van der Waals surface area contributed by atoms with E-state index in [0.29, 0.717) is 24.6 Å². The van der Waals surface area contributed by atoms with Gasteiger partial charge in [0.1, 0.15) is 5.75 Å². The third-order valence-electron chi connectivity index (χ3n) is 8.13. The van der Waals surface area contributed by atoms with Crippen LogP contribution in [0, 0.1) is 11.8 Å². The molecular weight excluding hydrogens is 390 g/mol. The molecule has 0 radical (unpaired) electrons. The quantitative estimate of drug-likeness (QED) is 0.484. The molecule has 174 valence electrons. The van der Waals surface area contributed by atoms with Crippen LogP contribution in [0.5, 0.6) is 5.75 Å². The predicted molar refractivity (Wildman–Crippen MR) is 124 cm³/mol. The van der Waals surface area contributed by atoms with Crippen LogP contribution in [0.1, 0.15) is 82.8 Å². The van der Waals surface area contributed by atoms with E-state index in [2.05, 4.69) is 19.2 Å². The number of rotatable bonds is 10. The summed E-state index contributed by atoms with van der Waals surface area (Å²) in [5, 5.41) is 23.7. The first-order valence-electron chi connectivity index (χ1n) is 12.3. The molecule has 31 heavy (non-hydrogen) atoms. The van der Waals surface area contributed by atoms with Gasteiger partial charge >= 0.3 is 5.97 Å². The van der Waals surface area contributed by atoms with Crippen molar-refractivity contribution < 1.29 is 19.7 Å². The number of carboxylic acids is 1. The number of carbonyl (C=O) groups is 1. The van der Waals surface area contributed by atoms with E-state index in [1.165, 1.54) is 43.2 Å². The van der Waals surface area contributed by atoms with E-state index < -0.39 is 5.97 Å². The van der Waals surface area contributed by atoms with Crippen LogP contribution in [0.15, 0.2) is 18.2 Å². The van der Waals surface area contributed by atoms with Crippen LogP contribution in [0.25, 0.3) is 0 Å². The smallest absolute Gasteiger partial charge is 0.306 e. The minimum atomic E-state index is -0.660. The molecule has 2 aliphatic carbocycles. The van der Waals surface area contributed by atoms with Gasteiger partial charge in [0, 0.05) is 25.0 Å². The van der Waals surface area contributed by atoms with Crippen LogP contribution in [0.2, 0.25) is 0 Å². The van der Waals surface area contributed by atoms with Gasteiger partial charge in [-0.3, -0.25) is 4.79 Å². The molecule has 0 bridgehead atoms. The molecule has 1 aromatic carbocycles. The average Bonchev–Trinajstić information content (AvgIpc) is 2.78. The molecule has 3 rings (SSSR count). The van der Waals surface area contributed by atoms with Crippen molar-refractivity contribution >= 4 is 5.97 Å². The molecular formula is C26H41NO4. The normalized spacial score (nSPS) is 24.5. The van der Waals surface area contributed by atoms with Crippen molar-refractivity contribution in [1.82, 2.24) is 5.32 Å². The Morgan fingerprint density at radius 1 is 1.23 bits per heavy atom. The zero-order valence-corrected chi connectivity index (χ0v) is 19.5. The molecule has 0 aromatic heterocycles. The molecule has 2 aliphatic rings. The van der Waals surface area contributed by atoms with Gasteiger partial charge in [-0.2, -0.15) is 0 Å². The third-order valence-corrected chi connectivity index (χ3v) is 8.13. The number of fused-ring (bicyclic) bond motifs is 1. The summed E-state index contributed by atoms with van der Waals surface area (Å²) in [4.78, 5) is 11.9. The Morgan fingerprint density at radius 2 is 1.94 bits per heavy atom. The summed E-state index contributed by atoms with van der Waals surface area (Å²) in [6.45, 7) is 5.07. The maximum atomic E-state index is 11.9. The van der Waals surface area contributed by atoms with Gasteiger partial charge in [-0.05, 0) is 61.4 Å². The van der Waals surface area contributed by atoms with Gasteiger partial charge in [0.25, 0.3) is 0 Å². The van der Waals surface area contributed by atoms with E-state index in [1.807, 2.05) is 12.1 Å². The van der Waals surface area contributed by atoms with Gasteiger partial charge < -0.3 is 20.3 Å². The number of methoxy groups -OCH3 is 1. The number of hydrogen-bond donors (Lipinski definition) is 3. The lowest BCUT2D eigenvalue weighted by atomic mass is 9.62. The minimum Gasteiger partial charge on any atom is -0.508 e.